The Morgan fingerprint density at radius 1 is 1.30 bits per heavy atom. The fraction of sp³-hybridized carbons (Fsp3) is 0.308. The summed E-state index contributed by atoms with van der Waals surface area (Å²) in [6.45, 7) is 1.75. The van der Waals surface area contributed by atoms with Crippen molar-refractivity contribution in [1.82, 2.24) is 15.2 Å². The molecule has 0 saturated heterocycles. The third-order valence-corrected chi connectivity index (χ3v) is 3.58. The molecule has 0 amide bonds. The van der Waals surface area contributed by atoms with Crippen LogP contribution in [0.1, 0.15) is 6.92 Å². The normalized spacial score (nSPS) is 11.9. The fourth-order valence-corrected chi connectivity index (χ4v) is 2.30. The third-order valence-electron chi connectivity index (χ3n) is 2.64. The van der Waals surface area contributed by atoms with Gasteiger partial charge in [-0.3, -0.25) is 9.89 Å². The molecular formula is C13H15N3O3S. The minimum absolute atomic E-state index is 0.300. The Balaban J connectivity index is 2.09. The number of carbonyl (C=O) groups excluding carboxylic acids is 1. The van der Waals surface area contributed by atoms with Gasteiger partial charge in [-0.25, -0.2) is 4.98 Å². The Morgan fingerprint density at radius 3 is 2.60 bits per heavy atom. The largest absolute Gasteiger partial charge is 0.497 e. The van der Waals surface area contributed by atoms with E-state index in [0.29, 0.717) is 11.0 Å². The van der Waals surface area contributed by atoms with Crippen LogP contribution in [0, 0.1) is 0 Å². The predicted octanol–water partition coefficient (Wildman–Crippen LogP) is 2.13. The molecule has 0 radical (unpaired) electrons. The van der Waals surface area contributed by atoms with Gasteiger partial charge in [-0.15, -0.1) is 5.10 Å². The molecule has 2 rings (SSSR count). The van der Waals surface area contributed by atoms with E-state index in [0.717, 1.165) is 11.3 Å². The summed E-state index contributed by atoms with van der Waals surface area (Å²) >= 11 is 1.25. The molecule has 1 atom stereocenters. The summed E-state index contributed by atoms with van der Waals surface area (Å²) in [5.41, 5.74) is 0.899. The first-order valence-electron chi connectivity index (χ1n) is 5.95. The van der Waals surface area contributed by atoms with Crippen molar-refractivity contribution in [3.63, 3.8) is 0 Å². The molecule has 0 bridgehead atoms. The number of benzene rings is 1. The highest BCUT2D eigenvalue weighted by Gasteiger charge is 2.17. The van der Waals surface area contributed by atoms with Crippen molar-refractivity contribution in [2.75, 3.05) is 14.2 Å². The molecule has 0 aliphatic rings. The first kappa shape index (κ1) is 14.4. The minimum atomic E-state index is -0.348. The summed E-state index contributed by atoms with van der Waals surface area (Å²) in [5.74, 6) is 1.13. The average Bonchev–Trinajstić information content (AvgIpc) is 2.94. The number of aromatic amines is 1. The highest BCUT2D eigenvalue weighted by molar-refractivity contribution is 8.00. The minimum Gasteiger partial charge on any atom is -0.497 e. The number of hydrogen-bond acceptors (Lipinski definition) is 6. The lowest BCUT2D eigenvalue weighted by Gasteiger charge is -2.04. The fourth-order valence-electron chi connectivity index (χ4n) is 1.55. The van der Waals surface area contributed by atoms with E-state index in [9.17, 15) is 4.79 Å². The van der Waals surface area contributed by atoms with Gasteiger partial charge >= 0.3 is 5.97 Å². The summed E-state index contributed by atoms with van der Waals surface area (Å²) in [5, 5.41) is 7.09. The second kappa shape index (κ2) is 6.42. The summed E-state index contributed by atoms with van der Waals surface area (Å²) in [6, 6.07) is 7.47. The Morgan fingerprint density at radius 2 is 2.00 bits per heavy atom. The summed E-state index contributed by atoms with van der Waals surface area (Å²) in [7, 11) is 2.98. The monoisotopic (exact) mass is 293 g/mol. The second-order valence-electron chi connectivity index (χ2n) is 3.98. The van der Waals surface area contributed by atoms with Crippen molar-refractivity contribution in [2.24, 2.45) is 0 Å². The molecule has 1 N–H and O–H groups in total. The first-order valence-corrected chi connectivity index (χ1v) is 6.83. The molecule has 7 heteroatoms. The number of hydrogen-bond donors (Lipinski definition) is 1. The zero-order chi connectivity index (χ0) is 14.5. The van der Waals surface area contributed by atoms with Crippen LogP contribution in [-0.2, 0) is 9.53 Å². The van der Waals surface area contributed by atoms with E-state index in [1.807, 2.05) is 24.3 Å². The molecule has 0 saturated carbocycles. The van der Waals surface area contributed by atoms with Gasteiger partial charge in [-0.1, -0.05) is 11.8 Å². The van der Waals surface area contributed by atoms with Crippen molar-refractivity contribution in [2.45, 2.75) is 17.3 Å². The highest BCUT2D eigenvalue weighted by atomic mass is 32.2. The van der Waals surface area contributed by atoms with Gasteiger partial charge in [0.25, 0.3) is 0 Å². The van der Waals surface area contributed by atoms with Gasteiger partial charge in [-0.05, 0) is 31.2 Å². The molecule has 106 valence electrons. The molecule has 1 heterocycles. The zero-order valence-corrected chi connectivity index (χ0v) is 12.2. The smallest absolute Gasteiger partial charge is 0.318 e. The molecule has 20 heavy (non-hydrogen) atoms. The Labute approximate surface area is 120 Å². The number of carbonyl (C=O) groups is 1. The summed E-state index contributed by atoms with van der Waals surface area (Å²) < 4.78 is 9.76. The van der Waals surface area contributed by atoms with Gasteiger partial charge in [0.05, 0.1) is 14.2 Å². The van der Waals surface area contributed by atoms with Crippen molar-refractivity contribution in [1.29, 1.82) is 0 Å². The number of ether oxygens (including phenoxy) is 2. The van der Waals surface area contributed by atoms with E-state index in [4.69, 9.17) is 4.74 Å². The van der Waals surface area contributed by atoms with Crippen molar-refractivity contribution in [3.05, 3.63) is 24.3 Å². The van der Waals surface area contributed by atoms with Gasteiger partial charge in [0, 0.05) is 5.56 Å². The van der Waals surface area contributed by atoms with Crippen LogP contribution in [-0.4, -0.2) is 40.6 Å². The molecule has 0 aliphatic carbocycles. The SMILES string of the molecule is COC(=O)[C@@H](C)Sc1n[nH]c(-c2ccc(OC)cc2)n1. The van der Waals surface area contributed by atoms with Crippen LogP contribution in [0.4, 0.5) is 0 Å². The predicted molar refractivity (Wildman–Crippen MR) is 75.7 cm³/mol. The lowest BCUT2D eigenvalue weighted by molar-refractivity contribution is -0.139. The van der Waals surface area contributed by atoms with E-state index in [1.54, 1.807) is 14.0 Å². The Hall–Kier alpha value is -2.02. The average molecular weight is 293 g/mol. The van der Waals surface area contributed by atoms with Crippen LogP contribution >= 0.6 is 11.8 Å². The van der Waals surface area contributed by atoms with Gasteiger partial charge < -0.3 is 9.47 Å². The summed E-state index contributed by atoms with van der Waals surface area (Å²) in [6.07, 6.45) is 0. The number of thioether (sulfide) groups is 1. The standard InChI is InChI=1S/C13H15N3O3S/c1-8(12(17)19-3)20-13-14-11(15-16-13)9-4-6-10(18-2)7-5-9/h4-8H,1-3H3,(H,14,15,16)/t8-/m1/s1. The molecule has 0 aliphatic heterocycles. The highest BCUT2D eigenvalue weighted by Crippen LogP contribution is 2.24. The number of rotatable bonds is 5. The van der Waals surface area contributed by atoms with Crippen LogP contribution in [0.5, 0.6) is 5.75 Å². The number of H-pyrrole nitrogens is 1. The lowest BCUT2D eigenvalue weighted by atomic mass is 10.2. The van der Waals surface area contributed by atoms with Crippen molar-refractivity contribution >= 4 is 17.7 Å². The van der Waals surface area contributed by atoms with Crippen molar-refractivity contribution in [3.8, 4) is 17.1 Å². The van der Waals surface area contributed by atoms with E-state index in [2.05, 4.69) is 19.9 Å². The van der Waals surface area contributed by atoms with E-state index in [-0.39, 0.29) is 11.2 Å². The molecular weight excluding hydrogens is 278 g/mol. The molecule has 0 spiro atoms. The van der Waals surface area contributed by atoms with Crippen molar-refractivity contribution < 1.29 is 14.3 Å². The third kappa shape index (κ3) is 3.30. The molecule has 6 nitrogen and oxygen atoms in total. The number of aromatic nitrogens is 3. The lowest BCUT2D eigenvalue weighted by Crippen LogP contribution is -2.14. The maximum atomic E-state index is 11.3. The number of nitrogens with one attached hydrogen (secondary N) is 1. The van der Waals surface area contributed by atoms with E-state index < -0.39 is 0 Å². The molecule has 0 unspecified atom stereocenters. The van der Waals surface area contributed by atoms with Crippen LogP contribution in [0.15, 0.2) is 29.4 Å². The van der Waals surface area contributed by atoms with Gasteiger partial charge in [0.1, 0.15) is 11.0 Å². The van der Waals surface area contributed by atoms with Crippen LogP contribution in [0.2, 0.25) is 0 Å². The second-order valence-corrected chi connectivity index (χ2v) is 5.29. The van der Waals surface area contributed by atoms with Crippen LogP contribution in [0.25, 0.3) is 11.4 Å². The quantitative estimate of drug-likeness (QED) is 0.672. The topological polar surface area (TPSA) is 77.1 Å². The van der Waals surface area contributed by atoms with Gasteiger partial charge in [0.2, 0.25) is 5.16 Å². The maximum absolute atomic E-state index is 11.3. The maximum Gasteiger partial charge on any atom is 0.318 e. The molecule has 0 fully saturated rings. The number of methoxy groups -OCH3 is 2. The molecule has 2 aromatic rings. The molecule has 1 aromatic heterocycles. The van der Waals surface area contributed by atoms with Gasteiger partial charge in [-0.2, -0.15) is 0 Å². The first-order chi connectivity index (χ1) is 9.63. The van der Waals surface area contributed by atoms with Gasteiger partial charge in [0.15, 0.2) is 5.82 Å². The van der Waals surface area contributed by atoms with Crippen LogP contribution < -0.4 is 4.74 Å². The van der Waals surface area contributed by atoms with Crippen LogP contribution in [0.3, 0.4) is 0 Å². The van der Waals surface area contributed by atoms with E-state index in [1.165, 1.54) is 18.9 Å². The Kier molecular flexibility index (Phi) is 4.62. The zero-order valence-electron chi connectivity index (χ0n) is 11.4. The number of esters is 1. The number of nitrogens with zero attached hydrogens (tertiary/aromatic N) is 2. The summed E-state index contributed by atoms with van der Waals surface area (Å²) in [4.78, 5) is 15.7. The molecule has 1 aromatic carbocycles. The Bertz CT molecular complexity index is 583. The van der Waals surface area contributed by atoms with E-state index >= 15 is 0 Å².